The highest BCUT2D eigenvalue weighted by molar-refractivity contribution is 5.88. The molecule has 1 N–H and O–H groups in total. The molecule has 1 aromatic rings. The molecule has 110 valence electrons. The highest BCUT2D eigenvalue weighted by Crippen LogP contribution is 2.25. The summed E-state index contributed by atoms with van der Waals surface area (Å²) in [6, 6.07) is 3.98. The van der Waals surface area contributed by atoms with Gasteiger partial charge >= 0.3 is 5.97 Å². The van der Waals surface area contributed by atoms with Gasteiger partial charge in [0.05, 0.1) is 30.6 Å². The van der Waals surface area contributed by atoms with E-state index in [1.165, 1.54) is 12.1 Å². The molecule has 6 heteroatoms. The number of halogens is 1. The zero-order chi connectivity index (χ0) is 14.5. The maximum atomic E-state index is 13.9. The summed E-state index contributed by atoms with van der Waals surface area (Å²) in [6.45, 7) is 2.36. The van der Waals surface area contributed by atoms with E-state index < -0.39 is 11.8 Å². The van der Waals surface area contributed by atoms with E-state index in [9.17, 15) is 9.18 Å². The van der Waals surface area contributed by atoms with Gasteiger partial charge in [-0.2, -0.15) is 0 Å². The second-order valence-electron chi connectivity index (χ2n) is 4.69. The molecule has 1 saturated heterocycles. The Morgan fingerprint density at radius 2 is 2.30 bits per heavy atom. The van der Waals surface area contributed by atoms with Crippen molar-refractivity contribution in [1.29, 1.82) is 0 Å². The predicted octanol–water partition coefficient (Wildman–Crippen LogP) is 1.77. The molecule has 1 heterocycles. The van der Waals surface area contributed by atoms with Crippen LogP contribution in [0, 0.1) is 5.82 Å². The van der Waals surface area contributed by atoms with Gasteiger partial charge in [-0.15, -0.1) is 0 Å². The molecule has 0 saturated carbocycles. The van der Waals surface area contributed by atoms with E-state index in [4.69, 9.17) is 14.6 Å². The van der Waals surface area contributed by atoms with Gasteiger partial charge in [-0.3, -0.25) is 0 Å². The van der Waals surface area contributed by atoms with Gasteiger partial charge in [0.2, 0.25) is 0 Å². The molecule has 1 aliphatic heterocycles. The summed E-state index contributed by atoms with van der Waals surface area (Å²) in [5.74, 6) is -1.64. The summed E-state index contributed by atoms with van der Waals surface area (Å²) in [4.78, 5) is 12.6. The smallest absolute Gasteiger partial charge is 0.335 e. The minimum atomic E-state index is -1.13. The lowest BCUT2D eigenvalue weighted by Gasteiger charge is -2.19. The number of carboxylic acid groups (broad SMARTS) is 1. The van der Waals surface area contributed by atoms with Crippen LogP contribution in [0.25, 0.3) is 0 Å². The highest BCUT2D eigenvalue weighted by Gasteiger charge is 2.25. The average Bonchev–Trinajstić information content (AvgIpc) is 2.87. The third-order valence-electron chi connectivity index (χ3n) is 3.32. The molecule has 0 aromatic heterocycles. The Morgan fingerprint density at radius 1 is 1.50 bits per heavy atom. The van der Waals surface area contributed by atoms with Gasteiger partial charge in [0, 0.05) is 20.2 Å². The van der Waals surface area contributed by atoms with Crippen molar-refractivity contribution in [2.24, 2.45) is 0 Å². The molecule has 0 radical (unpaired) electrons. The first kappa shape index (κ1) is 14.7. The van der Waals surface area contributed by atoms with Gasteiger partial charge in [-0.25, -0.2) is 9.18 Å². The third-order valence-corrected chi connectivity index (χ3v) is 3.32. The van der Waals surface area contributed by atoms with Crippen LogP contribution in [0.4, 0.5) is 10.1 Å². The van der Waals surface area contributed by atoms with Crippen LogP contribution in [0.1, 0.15) is 16.8 Å². The Labute approximate surface area is 116 Å². The number of carbonyl (C=O) groups is 1. The fourth-order valence-electron chi connectivity index (χ4n) is 2.28. The predicted molar refractivity (Wildman–Crippen MR) is 71.8 cm³/mol. The van der Waals surface area contributed by atoms with Crippen molar-refractivity contribution in [3.05, 3.63) is 29.6 Å². The number of hydrogen-bond acceptors (Lipinski definition) is 4. The zero-order valence-corrected chi connectivity index (χ0v) is 11.3. The number of nitrogens with zero attached hydrogens (tertiary/aromatic N) is 1. The van der Waals surface area contributed by atoms with Crippen molar-refractivity contribution < 1.29 is 23.8 Å². The summed E-state index contributed by atoms with van der Waals surface area (Å²) < 4.78 is 24.5. The summed E-state index contributed by atoms with van der Waals surface area (Å²) >= 11 is 0. The van der Waals surface area contributed by atoms with Gasteiger partial charge < -0.3 is 19.5 Å². The Morgan fingerprint density at radius 3 is 2.95 bits per heavy atom. The number of carboxylic acids is 1. The molecule has 2 rings (SSSR count). The molecule has 0 unspecified atom stereocenters. The number of aromatic carboxylic acids is 1. The lowest BCUT2D eigenvalue weighted by molar-refractivity contribution is 0.0280. The Hall–Kier alpha value is -1.66. The van der Waals surface area contributed by atoms with Crippen LogP contribution in [-0.2, 0) is 9.47 Å². The lowest BCUT2D eigenvalue weighted by Crippen LogP contribution is -2.24. The Balaban J connectivity index is 1.97. The fourth-order valence-corrected chi connectivity index (χ4v) is 2.28. The molecule has 5 nitrogen and oxygen atoms in total. The molecule has 1 aliphatic rings. The van der Waals surface area contributed by atoms with Crippen LogP contribution < -0.4 is 4.90 Å². The normalized spacial score (nSPS) is 18.5. The van der Waals surface area contributed by atoms with Gasteiger partial charge in [-0.1, -0.05) is 0 Å². The van der Waals surface area contributed by atoms with Crippen LogP contribution in [0.5, 0.6) is 0 Å². The number of rotatable bonds is 6. The van der Waals surface area contributed by atoms with E-state index in [1.54, 1.807) is 7.11 Å². The standard InChI is InChI=1S/C14H18FNO4/c1-19-6-7-20-11-4-5-16(9-11)13-3-2-10(14(17)18)8-12(13)15/h2-3,8,11H,4-7,9H2,1H3,(H,17,18)/t11-/m1/s1. The molecular formula is C14H18FNO4. The first-order valence-corrected chi connectivity index (χ1v) is 6.50. The maximum absolute atomic E-state index is 13.9. The van der Waals surface area contributed by atoms with Crippen LogP contribution in [-0.4, -0.2) is 50.6 Å². The molecule has 1 aromatic carbocycles. The molecule has 20 heavy (non-hydrogen) atoms. The number of benzene rings is 1. The minimum Gasteiger partial charge on any atom is -0.478 e. The van der Waals surface area contributed by atoms with Crippen LogP contribution in [0.3, 0.4) is 0 Å². The van der Waals surface area contributed by atoms with Gasteiger partial charge in [0.1, 0.15) is 5.82 Å². The largest absolute Gasteiger partial charge is 0.478 e. The quantitative estimate of drug-likeness (QED) is 0.806. The Kier molecular flexibility index (Phi) is 4.92. The van der Waals surface area contributed by atoms with Crippen molar-refractivity contribution >= 4 is 11.7 Å². The summed E-state index contributed by atoms with van der Waals surface area (Å²) in [5, 5.41) is 8.82. The van der Waals surface area contributed by atoms with E-state index >= 15 is 0 Å². The first-order chi connectivity index (χ1) is 9.61. The van der Waals surface area contributed by atoms with Crippen LogP contribution >= 0.6 is 0 Å². The first-order valence-electron chi connectivity index (χ1n) is 6.50. The molecule has 0 aliphatic carbocycles. The van der Waals surface area contributed by atoms with Crippen molar-refractivity contribution in [3.8, 4) is 0 Å². The summed E-state index contributed by atoms with van der Waals surface area (Å²) in [6.07, 6.45) is 0.882. The summed E-state index contributed by atoms with van der Waals surface area (Å²) in [7, 11) is 1.61. The number of methoxy groups -OCH3 is 1. The van der Waals surface area contributed by atoms with Gasteiger partial charge in [-0.05, 0) is 24.6 Å². The Bertz CT molecular complexity index is 480. The van der Waals surface area contributed by atoms with Crippen molar-refractivity contribution in [2.45, 2.75) is 12.5 Å². The second kappa shape index (κ2) is 6.67. The zero-order valence-electron chi connectivity index (χ0n) is 11.3. The summed E-state index contributed by atoms with van der Waals surface area (Å²) in [5.41, 5.74) is 0.381. The minimum absolute atomic E-state index is 0.0432. The maximum Gasteiger partial charge on any atom is 0.335 e. The second-order valence-corrected chi connectivity index (χ2v) is 4.69. The van der Waals surface area contributed by atoms with E-state index in [1.807, 2.05) is 4.90 Å². The van der Waals surface area contributed by atoms with E-state index in [0.29, 0.717) is 32.0 Å². The van der Waals surface area contributed by atoms with Gasteiger partial charge in [0.15, 0.2) is 0 Å². The SMILES string of the molecule is COCCO[C@@H]1CCN(c2ccc(C(=O)O)cc2F)C1. The molecular weight excluding hydrogens is 265 g/mol. The van der Waals surface area contributed by atoms with Crippen molar-refractivity contribution in [3.63, 3.8) is 0 Å². The average molecular weight is 283 g/mol. The molecule has 0 bridgehead atoms. The van der Waals surface area contributed by atoms with Crippen LogP contribution in [0.15, 0.2) is 18.2 Å². The highest BCUT2D eigenvalue weighted by atomic mass is 19.1. The van der Waals surface area contributed by atoms with E-state index in [0.717, 1.165) is 12.5 Å². The van der Waals surface area contributed by atoms with E-state index in [-0.39, 0.29) is 11.7 Å². The topological polar surface area (TPSA) is 59.0 Å². The van der Waals surface area contributed by atoms with Gasteiger partial charge in [0.25, 0.3) is 0 Å². The molecule has 1 fully saturated rings. The van der Waals surface area contributed by atoms with Crippen molar-refractivity contribution in [1.82, 2.24) is 0 Å². The molecule has 0 amide bonds. The van der Waals surface area contributed by atoms with Crippen molar-refractivity contribution in [2.75, 3.05) is 38.3 Å². The number of anilines is 1. The van der Waals surface area contributed by atoms with E-state index in [2.05, 4.69) is 0 Å². The lowest BCUT2D eigenvalue weighted by atomic mass is 10.2. The monoisotopic (exact) mass is 283 g/mol. The molecule has 0 spiro atoms. The fraction of sp³-hybridized carbons (Fsp3) is 0.500. The molecule has 1 atom stereocenters. The third kappa shape index (κ3) is 3.46. The van der Waals surface area contributed by atoms with Crippen LogP contribution in [0.2, 0.25) is 0 Å². The number of ether oxygens (including phenoxy) is 2. The number of hydrogen-bond donors (Lipinski definition) is 1.